The summed E-state index contributed by atoms with van der Waals surface area (Å²) in [6.45, 7) is 10.0. The summed E-state index contributed by atoms with van der Waals surface area (Å²) in [7, 11) is 0. The fraction of sp³-hybridized carbons (Fsp3) is 0.692. The molecule has 0 radical (unpaired) electrons. The lowest BCUT2D eigenvalue weighted by Crippen LogP contribution is -2.34. The number of rotatable bonds is 5. The number of nitrogens with one attached hydrogen (secondary N) is 1. The zero-order chi connectivity index (χ0) is 11.3. The van der Waals surface area contributed by atoms with Crippen LogP contribution < -0.4 is 5.32 Å². The summed E-state index contributed by atoms with van der Waals surface area (Å²) in [5.74, 6) is 0. The molecular weight excluding hydrogens is 186 g/mol. The maximum atomic E-state index is 5.10. The van der Waals surface area contributed by atoms with Crippen molar-refractivity contribution in [2.24, 2.45) is 5.41 Å². The highest BCUT2D eigenvalue weighted by molar-refractivity contribution is 5.07. The molecule has 0 spiro atoms. The van der Waals surface area contributed by atoms with Crippen LogP contribution in [0.1, 0.15) is 39.7 Å². The van der Waals surface area contributed by atoms with E-state index in [0.29, 0.717) is 11.5 Å². The largest absolute Gasteiger partial charge is 0.472 e. The third-order valence-electron chi connectivity index (χ3n) is 2.41. The summed E-state index contributed by atoms with van der Waals surface area (Å²) in [5.41, 5.74) is 1.65. The van der Waals surface area contributed by atoms with Crippen LogP contribution >= 0.6 is 0 Å². The number of hydrogen-bond acceptors (Lipinski definition) is 2. The highest BCUT2D eigenvalue weighted by atomic mass is 16.3. The summed E-state index contributed by atoms with van der Waals surface area (Å²) in [4.78, 5) is 0. The normalized spacial score (nSPS) is 14.1. The molecule has 1 aromatic heterocycles. The molecular formula is C13H23NO. The van der Waals surface area contributed by atoms with E-state index in [1.807, 2.05) is 12.3 Å². The van der Waals surface area contributed by atoms with Crippen molar-refractivity contribution in [3.63, 3.8) is 0 Å². The van der Waals surface area contributed by atoms with Gasteiger partial charge in [0, 0.05) is 6.04 Å². The van der Waals surface area contributed by atoms with Crippen molar-refractivity contribution in [2.75, 3.05) is 6.54 Å². The minimum atomic E-state index is 0.372. The first-order chi connectivity index (χ1) is 7.01. The molecule has 1 rings (SSSR count). The second-order valence-electron chi connectivity index (χ2n) is 5.36. The summed E-state index contributed by atoms with van der Waals surface area (Å²) < 4.78 is 5.10. The molecule has 0 fully saturated rings. The lowest BCUT2D eigenvalue weighted by molar-refractivity contribution is 0.309. The van der Waals surface area contributed by atoms with Gasteiger partial charge in [-0.3, -0.25) is 0 Å². The predicted molar refractivity (Wildman–Crippen MR) is 63.9 cm³/mol. The smallest absolute Gasteiger partial charge is 0.0935 e. The molecule has 1 atom stereocenters. The van der Waals surface area contributed by atoms with E-state index in [1.54, 1.807) is 6.26 Å². The molecule has 0 amide bonds. The molecule has 0 saturated carbocycles. The molecule has 0 bridgehead atoms. The van der Waals surface area contributed by atoms with Crippen molar-refractivity contribution in [1.82, 2.24) is 5.32 Å². The molecule has 0 aliphatic heterocycles. The van der Waals surface area contributed by atoms with E-state index in [2.05, 4.69) is 33.0 Å². The van der Waals surface area contributed by atoms with Crippen LogP contribution in [0.25, 0.3) is 0 Å². The van der Waals surface area contributed by atoms with Crippen molar-refractivity contribution in [3.8, 4) is 0 Å². The quantitative estimate of drug-likeness (QED) is 0.805. The second kappa shape index (κ2) is 5.36. The SMILES string of the molecule is CCNC(Cc1ccoc1)CC(C)(C)C. The maximum absolute atomic E-state index is 5.10. The molecule has 2 heteroatoms. The van der Waals surface area contributed by atoms with Gasteiger partial charge in [0.05, 0.1) is 12.5 Å². The van der Waals surface area contributed by atoms with Crippen LogP contribution in [-0.2, 0) is 6.42 Å². The number of likely N-dealkylation sites (N-methyl/N-ethyl adjacent to an activating group) is 1. The average molecular weight is 209 g/mol. The Morgan fingerprint density at radius 1 is 1.40 bits per heavy atom. The number of furan rings is 1. The van der Waals surface area contributed by atoms with Crippen molar-refractivity contribution in [1.29, 1.82) is 0 Å². The lowest BCUT2D eigenvalue weighted by Gasteiger charge is -2.26. The molecule has 1 N–H and O–H groups in total. The first-order valence-electron chi connectivity index (χ1n) is 5.76. The molecule has 0 aromatic carbocycles. The van der Waals surface area contributed by atoms with Gasteiger partial charge in [0.2, 0.25) is 0 Å². The Bertz CT molecular complexity index is 259. The van der Waals surface area contributed by atoms with Crippen LogP contribution in [0, 0.1) is 5.41 Å². The number of hydrogen-bond donors (Lipinski definition) is 1. The van der Waals surface area contributed by atoms with Gasteiger partial charge < -0.3 is 9.73 Å². The average Bonchev–Trinajstić information content (AvgIpc) is 2.54. The van der Waals surface area contributed by atoms with E-state index < -0.39 is 0 Å². The first kappa shape index (κ1) is 12.3. The van der Waals surface area contributed by atoms with E-state index in [0.717, 1.165) is 13.0 Å². The van der Waals surface area contributed by atoms with Crippen LogP contribution in [0.2, 0.25) is 0 Å². The van der Waals surface area contributed by atoms with Crippen LogP contribution in [-0.4, -0.2) is 12.6 Å². The highest BCUT2D eigenvalue weighted by Crippen LogP contribution is 2.22. The van der Waals surface area contributed by atoms with Gasteiger partial charge in [-0.25, -0.2) is 0 Å². The lowest BCUT2D eigenvalue weighted by atomic mass is 9.86. The van der Waals surface area contributed by atoms with E-state index in [9.17, 15) is 0 Å². The van der Waals surface area contributed by atoms with Gasteiger partial charge in [-0.05, 0) is 36.4 Å². The molecule has 0 aliphatic carbocycles. The molecule has 1 aromatic rings. The minimum absolute atomic E-state index is 0.372. The summed E-state index contributed by atoms with van der Waals surface area (Å²) in [5, 5.41) is 3.54. The van der Waals surface area contributed by atoms with E-state index in [1.165, 1.54) is 12.0 Å². The topological polar surface area (TPSA) is 25.2 Å². The summed E-state index contributed by atoms with van der Waals surface area (Å²) in [6, 6.07) is 2.60. The van der Waals surface area contributed by atoms with Gasteiger partial charge in [0.15, 0.2) is 0 Å². The Balaban J connectivity index is 2.51. The van der Waals surface area contributed by atoms with Crippen molar-refractivity contribution in [2.45, 2.75) is 46.6 Å². The monoisotopic (exact) mass is 209 g/mol. The van der Waals surface area contributed by atoms with Gasteiger partial charge in [-0.15, -0.1) is 0 Å². The van der Waals surface area contributed by atoms with Crippen LogP contribution in [0.5, 0.6) is 0 Å². The van der Waals surface area contributed by atoms with Crippen molar-refractivity contribution < 1.29 is 4.42 Å². The predicted octanol–water partition coefficient (Wildman–Crippen LogP) is 3.24. The van der Waals surface area contributed by atoms with Gasteiger partial charge in [0.1, 0.15) is 0 Å². The Kier molecular flexibility index (Phi) is 4.40. The molecule has 0 aliphatic rings. The van der Waals surface area contributed by atoms with Gasteiger partial charge in [-0.1, -0.05) is 27.7 Å². The molecule has 1 heterocycles. The standard InChI is InChI=1S/C13H23NO/c1-5-14-12(9-13(2,3)4)8-11-6-7-15-10-11/h6-7,10,12,14H,5,8-9H2,1-4H3. The zero-order valence-electron chi connectivity index (χ0n) is 10.3. The van der Waals surface area contributed by atoms with E-state index in [-0.39, 0.29) is 0 Å². The third kappa shape index (κ3) is 5.03. The van der Waals surface area contributed by atoms with Gasteiger partial charge >= 0.3 is 0 Å². The maximum Gasteiger partial charge on any atom is 0.0935 e. The molecule has 86 valence electrons. The minimum Gasteiger partial charge on any atom is -0.472 e. The van der Waals surface area contributed by atoms with Gasteiger partial charge in [-0.2, -0.15) is 0 Å². The zero-order valence-corrected chi connectivity index (χ0v) is 10.3. The fourth-order valence-electron chi connectivity index (χ4n) is 1.94. The molecule has 1 unspecified atom stereocenters. The van der Waals surface area contributed by atoms with Crippen molar-refractivity contribution in [3.05, 3.63) is 24.2 Å². The van der Waals surface area contributed by atoms with Crippen LogP contribution in [0.3, 0.4) is 0 Å². The van der Waals surface area contributed by atoms with Crippen molar-refractivity contribution >= 4 is 0 Å². The second-order valence-corrected chi connectivity index (χ2v) is 5.36. The Labute approximate surface area is 93.1 Å². The molecule has 15 heavy (non-hydrogen) atoms. The summed E-state index contributed by atoms with van der Waals surface area (Å²) in [6.07, 6.45) is 5.83. The van der Waals surface area contributed by atoms with E-state index in [4.69, 9.17) is 4.42 Å². The Morgan fingerprint density at radius 2 is 2.13 bits per heavy atom. The fourth-order valence-corrected chi connectivity index (χ4v) is 1.94. The molecule has 2 nitrogen and oxygen atoms in total. The Morgan fingerprint density at radius 3 is 2.60 bits per heavy atom. The Hall–Kier alpha value is -0.760. The third-order valence-corrected chi connectivity index (χ3v) is 2.41. The van der Waals surface area contributed by atoms with E-state index >= 15 is 0 Å². The van der Waals surface area contributed by atoms with Gasteiger partial charge in [0.25, 0.3) is 0 Å². The highest BCUT2D eigenvalue weighted by Gasteiger charge is 2.18. The molecule has 0 saturated heterocycles. The summed E-state index contributed by atoms with van der Waals surface area (Å²) >= 11 is 0. The van der Waals surface area contributed by atoms with Crippen LogP contribution in [0.15, 0.2) is 23.0 Å². The van der Waals surface area contributed by atoms with Crippen LogP contribution in [0.4, 0.5) is 0 Å². The first-order valence-corrected chi connectivity index (χ1v) is 5.76.